The molecule has 1 aromatic carbocycles. The molecule has 1 atom stereocenters. The number of aromatic nitrogens is 3. The highest BCUT2D eigenvalue weighted by Crippen LogP contribution is 2.21. The Bertz CT molecular complexity index is 1100. The summed E-state index contributed by atoms with van der Waals surface area (Å²) in [6.07, 6.45) is 13.8. The molecule has 1 aliphatic heterocycles. The summed E-state index contributed by atoms with van der Waals surface area (Å²) in [5, 5.41) is 3.44. The van der Waals surface area contributed by atoms with Crippen LogP contribution in [0.1, 0.15) is 56.8 Å². The second-order valence-corrected chi connectivity index (χ2v) is 10.00. The number of fused-ring (bicyclic) bond motifs is 1. The highest BCUT2D eigenvalue weighted by Gasteiger charge is 2.20. The van der Waals surface area contributed by atoms with E-state index >= 15 is 0 Å². The Balaban J connectivity index is 1.37. The molecule has 3 aromatic rings. The van der Waals surface area contributed by atoms with Crippen LogP contribution in [-0.2, 0) is 26.6 Å². The first-order valence-electron chi connectivity index (χ1n) is 13.5. The van der Waals surface area contributed by atoms with Gasteiger partial charge in [-0.1, -0.05) is 19.9 Å². The van der Waals surface area contributed by atoms with E-state index in [1.54, 1.807) is 0 Å². The lowest BCUT2D eigenvalue weighted by atomic mass is 10.2. The van der Waals surface area contributed by atoms with Gasteiger partial charge in [-0.3, -0.25) is 4.90 Å². The van der Waals surface area contributed by atoms with Crippen molar-refractivity contribution in [1.29, 1.82) is 0 Å². The monoisotopic (exact) mass is 493 g/mol. The average molecular weight is 494 g/mol. The van der Waals surface area contributed by atoms with Crippen LogP contribution >= 0.6 is 0 Å². The molecule has 0 saturated carbocycles. The second-order valence-electron chi connectivity index (χ2n) is 10.00. The highest BCUT2D eigenvalue weighted by atomic mass is 16.3. The predicted octanol–water partition coefficient (Wildman–Crippen LogP) is 4.34. The second kappa shape index (κ2) is 12.9. The van der Waals surface area contributed by atoms with Gasteiger partial charge in [0.2, 0.25) is 0 Å². The maximum absolute atomic E-state index is 6.08. The molecule has 8 nitrogen and oxygen atoms in total. The minimum atomic E-state index is 0.248. The van der Waals surface area contributed by atoms with Crippen molar-refractivity contribution in [3.05, 3.63) is 60.3 Å². The molecule has 0 fully saturated rings. The van der Waals surface area contributed by atoms with Crippen LogP contribution in [0.2, 0.25) is 0 Å². The Hall–Kier alpha value is -2.84. The van der Waals surface area contributed by atoms with Crippen molar-refractivity contribution in [3.8, 4) is 0 Å². The molecule has 0 saturated heterocycles. The number of likely N-dealkylation sites (N-methyl/N-ethyl adjacent to an activating group) is 1. The van der Waals surface area contributed by atoms with Crippen LogP contribution in [0, 0.1) is 0 Å². The third-order valence-electron chi connectivity index (χ3n) is 6.90. The summed E-state index contributed by atoms with van der Waals surface area (Å²) >= 11 is 0. The zero-order chi connectivity index (χ0) is 25.3. The number of hydrogen-bond acceptors (Lipinski definition) is 7. The number of hydrogen-bond donors (Lipinski definition) is 1. The van der Waals surface area contributed by atoms with Crippen LogP contribution < -0.4 is 5.32 Å². The molecule has 1 aliphatic rings. The Morgan fingerprint density at radius 1 is 1.03 bits per heavy atom. The van der Waals surface area contributed by atoms with Crippen LogP contribution in [0.5, 0.6) is 0 Å². The summed E-state index contributed by atoms with van der Waals surface area (Å²) in [5.41, 5.74) is 3.07. The summed E-state index contributed by atoms with van der Waals surface area (Å²) in [5.74, 6) is 1.91. The van der Waals surface area contributed by atoms with Crippen LogP contribution in [-0.4, -0.2) is 68.6 Å². The number of benzene rings is 1. The average Bonchev–Trinajstić information content (AvgIpc) is 3.57. The third-order valence-corrected chi connectivity index (χ3v) is 6.90. The van der Waals surface area contributed by atoms with Crippen molar-refractivity contribution in [3.63, 3.8) is 0 Å². The van der Waals surface area contributed by atoms with Gasteiger partial charge < -0.3 is 24.1 Å². The minimum Gasteiger partial charge on any atom is -0.441 e. The SMILES string of the molecule is CCCN(CCC)CCCCc1nc2cc(CN(Cc3nccn3C)CC3NC=CN3C)ccc2o1. The van der Waals surface area contributed by atoms with Gasteiger partial charge in [0.1, 0.15) is 17.5 Å². The number of aryl methyl sites for hydroxylation is 2. The summed E-state index contributed by atoms with van der Waals surface area (Å²) in [6, 6.07) is 6.42. The van der Waals surface area contributed by atoms with Crippen molar-refractivity contribution < 1.29 is 4.42 Å². The maximum Gasteiger partial charge on any atom is 0.195 e. The Morgan fingerprint density at radius 3 is 2.56 bits per heavy atom. The van der Waals surface area contributed by atoms with Gasteiger partial charge in [-0.15, -0.1) is 0 Å². The van der Waals surface area contributed by atoms with Gasteiger partial charge in [0, 0.05) is 58.4 Å². The van der Waals surface area contributed by atoms with Gasteiger partial charge in [0.15, 0.2) is 11.5 Å². The van der Waals surface area contributed by atoms with Crippen LogP contribution in [0.4, 0.5) is 0 Å². The Labute approximate surface area is 216 Å². The first-order valence-corrected chi connectivity index (χ1v) is 13.5. The van der Waals surface area contributed by atoms with Gasteiger partial charge in [-0.05, 0) is 63.0 Å². The molecule has 36 heavy (non-hydrogen) atoms. The number of nitrogens with zero attached hydrogens (tertiary/aromatic N) is 6. The third kappa shape index (κ3) is 7.11. The van der Waals surface area contributed by atoms with Crippen molar-refractivity contribution >= 4 is 11.1 Å². The summed E-state index contributed by atoms with van der Waals surface area (Å²) in [4.78, 5) is 16.6. The lowest BCUT2D eigenvalue weighted by molar-refractivity contribution is 0.176. The van der Waals surface area contributed by atoms with E-state index in [9.17, 15) is 0 Å². The quantitative estimate of drug-likeness (QED) is 0.316. The topological polar surface area (TPSA) is 65.6 Å². The molecular weight excluding hydrogens is 450 g/mol. The molecule has 3 heterocycles. The van der Waals surface area contributed by atoms with Crippen LogP contribution in [0.15, 0.2) is 47.4 Å². The normalized spacial score (nSPS) is 15.6. The zero-order valence-corrected chi connectivity index (χ0v) is 22.5. The van der Waals surface area contributed by atoms with Crippen molar-refractivity contribution in [1.82, 2.24) is 34.6 Å². The molecular formula is C28H43N7O. The summed E-state index contributed by atoms with van der Waals surface area (Å²) < 4.78 is 8.17. The molecule has 1 N–H and O–H groups in total. The van der Waals surface area contributed by atoms with E-state index in [0.29, 0.717) is 0 Å². The highest BCUT2D eigenvalue weighted by molar-refractivity contribution is 5.73. The number of oxazole rings is 1. The van der Waals surface area contributed by atoms with Gasteiger partial charge in [0.25, 0.3) is 0 Å². The fourth-order valence-corrected chi connectivity index (χ4v) is 4.92. The van der Waals surface area contributed by atoms with Crippen molar-refractivity contribution in [2.45, 2.75) is 65.2 Å². The Morgan fingerprint density at radius 2 is 1.86 bits per heavy atom. The van der Waals surface area contributed by atoms with Gasteiger partial charge >= 0.3 is 0 Å². The van der Waals surface area contributed by atoms with E-state index in [1.807, 2.05) is 18.6 Å². The number of imidazole rings is 1. The van der Waals surface area contributed by atoms with E-state index in [-0.39, 0.29) is 6.17 Å². The van der Waals surface area contributed by atoms with E-state index in [0.717, 1.165) is 55.3 Å². The number of unbranched alkanes of at least 4 members (excludes halogenated alkanes) is 1. The maximum atomic E-state index is 6.08. The summed E-state index contributed by atoms with van der Waals surface area (Å²) in [7, 11) is 4.16. The largest absolute Gasteiger partial charge is 0.441 e. The first-order chi connectivity index (χ1) is 17.6. The molecule has 0 radical (unpaired) electrons. The van der Waals surface area contributed by atoms with E-state index < -0.39 is 0 Å². The fourth-order valence-electron chi connectivity index (χ4n) is 4.92. The Kier molecular flexibility index (Phi) is 9.41. The predicted molar refractivity (Wildman–Crippen MR) is 145 cm³/mol. The van der Waals surface area contributed by atoms with E-state index in [1.165, 1.54) is 44.5 Å². The molecule has 196 valence electrons. The van der Waals surface area contributed by atoms with Crippen LogP contribution in [0.3, 0.4) is 0 Å². The molecule has 0 amide bonds. The zero-order valence-electron chi connectivity index (χ0n) is 22.5. The molecule has 1 unspecified atom stereocenters. The smallest absolute Gasteiger partial charge is 0.195 e. The van der Waals surface area contributed by atoms with E-state index in [2.05, 4.69) is 81.9 Å². The molecule has 8 heteroatoms. The van der Waals surface area contributed by atoms with Crippen molar-refractivity contribution in [2.24, 2.45) is 7.05 Å². The van der Waals surface area contributed by atoms with Crippen LogP contribution in [0.25, 0.3) is 11.1 Å². The van der Waals surface area contributed by atoms with Gasteiger partial charge in [-0.25, -0.2) is 9.97 Å². The number of nitrogens with one attached hydrogen (secondary N) is 1. The molecule has 0 bridgehead atoms. The van der Waals surface area contributed by atoms with Gasteiger partial charge in [0.05, 0.1) is 6.54 Å². The standard InChI is InChI=1S/C28H43N7O/c1-5-14-34(15-6-2)16-8-7-9-28-31-24-19-23(10-11-25(24)36-28)20-35(21-26-29-12-17-32(26)3)22-27-30-13-18-33(27)4/h10-13,17-19,26,29H,5-9,14-16,20-22H2,1-4H3. The first kappa shape index (κ1) is 26.2. The van der Waals surface area contributed by atoms with E-state index in [4.69, 9.17) is 9.40 Å². The van der Waals surface area contributed by atoms with Crippen molar-refractivity contribution in [2.75, 3.05) is 33.2 Å². The molecule has 0 spiro atoms. The lowest BCUT2D eigenvalue weighted by Crippen LogP contribution is -2.43. The van der Waals surface area contributed by atoms with Gasteiger partial charge in [-0.2, -0.15) is 0 Å². The molecule has 2 aromatic heterocycles. The molecule has 0 aliphatic carbocycles. The fraction of sp³-hybridized carbons (Fsp3) is 0.571. The number of rotatable bonds is 15. The molecule has 4 rings (SSSR count). The minimum absolute atomic E-state index is 0.248. The summed E-state index contributed by atoms with van der Waals surface area (Å²) in [6.45, 7) is 10.6. The lowest BCUT2D eigenvalue weighted by Gasteiger charge is -2.29.